The molecule has 7 nitrogen and oxygen atoms in total. The maximum absolute atomic E-state index is 14.5. The minimum Gasteiger partial charge on any atom is -0.352 e. The number of benzene rings is 4. The summed E-state index contributed by atoms with van der Waals surface area (Å²) in [6.45, 7) is 3.12. The number of rotatable bonds is 13. The highest BCUT2D eigenvalue weighted by atomic mass is 35.5. The largest absolute Gasteiger partial charge is 0.352 e. The zero-order valence-corrected chi connectivity index (χ0v) is 28.0. The number of sulfonamides is 1. The first-order valence-corrected chi connectivity index (χ1v) is 17.0. The Morgan fingerprint density at radius 2 is 1.44 bits per heavy atom. The van der Waals surface area contributed by atoms with Gasteiger partial charge in [-0.3, -0.25) is 13.9 Å². The molecule has 236 valence electrons. The van der Waals surface area contributed by atoms with Gasteiger partial charge in [0.2, 0.25) is 11.8 Å². The number of anilines is 1. The van der Waals surface area contributed by atoms with Crippen LogP contribution in [0.4, 0.5) is 5.69 Å². The monoisotopic (exact) mass is 685 g/mol. The van der Waals surface area contributed by atoms with Gasteiger partial charge in [0.25, 0.3) is 10.0 Å². The van der Waals surface area contributed by atoms with Gasteiger partial charge in [0.05, 0.1) is 15.6 Å². The van der Waals surface area contributed by atoms with E-state index in [1.54, 1.807) is 54.6 Å². The lowest BCUT2D eigenvalue weighted by Gasteiger charge is -2.34. The lowest BCUT2D eigenvalue weighted by atomic mass is 10.0. The number of nitrogens with one attached hydrogen (secondary N) is 1. The highest BCUT2D eigenvalue weighted by Gasteiger charge is 2.35. The van der Waals surface area contributed by atoms with Crippen LogP contribution in [-0.2, 0) is 32.6 Å². The van der Waals surface area contributed by atoms with Crippen LogP contribution in [0.5, 0.6) is 0 Å². The van der Waals surface area contributed by atoms with Gasteiger partial charge < -0.3 is 10.2 Å². The van der Waals surface area contributed by atoms with Crippen molar-refractivity contribution in [1.29, 1.82) is 0 Å². The number of halogens is 3. The Kier molecular flexibility index (Phi) is 11.9. The molecule has 4 rings (SSSR count). The summed E-state index contributed by atoms with van der Waals surface area (Å²) in [4.78, 5) is 29.8. The molecule has 0 saturated carbocycles. The van der Waals surface area contributed by atoms with Crippen LogP contribution in [0, 0.1) is 0 Å². The lowest BCUT2D eigenvalue weighted by molar-refractivity contribution is -0.140. The van der Waals surface area contributed by atoms with Crippen LogP contribution in [-0.4, -0.2) is 43.8 Å². The molecule has 4 aromatic rings. The van der Waals surface area contributed by atoms with Gasteiger partial charge in [0.15, 0.2) is 0 Å². The molecule has 0 unspecified atom stereocenters. The second-order valence-electron chi connectivity index (χ2n) is 10.6. The van der Waals surface area contributed by atoms with E-state index in [-0.39, 0.29) is 40.5 Å². The lowest BCUT2D eigenvalue weighted by Crippen LogP contribution is -2.54. The summed E-state index contributed by atoms with van der Waals surface area (Å²) >= 11 is 19.2. The van der Waals surface area contributed by atoms with E-state index in [0.717, 1.165) is 9.87 Å². The molecular formula is C34H34Cl3N3O4S. The Morgan fingerprint density at radius 1 is 0.822 bits per heavy atom. The minimum absolute atomic E-state index is 0.0136. The van der Waals surface area contributed by atoms with E-state index in [0.29, 0.717) is 22.0 Å². The van der Waals surface area contributed by atoms with Gasteiger partial charge in [-0.15, -0.1) is 0 Å². The fraction of sp³-hybridized carbons (Fsp3) is 0.235. The molecule has 0 heterocycles. The van der Waals surface area contributed by atoms with Crippen LogP contribution in [0.3, 0.4) is 0 Å². The van der Waals surface area contributed by atoms with Gasteiger partial charge >= 0.3 is 0 Å². The third kappa shape index (κ3) is 8.79. The molecule has 0 radical (unpaired) electrons. The number of carbonyl (C=O) groups is 2. The third-order valence-electron chi connectivity index (χ3n) is 7.36. The topological polar surface area (TPSA) is 86.8 Å². The highest BCUT2D eigenvalue weighted by molar-refractivity contribution is 7.92. The Balaban J connectivity index is 1.83. The van der Waals surface area contributed by atoms with Gasteiger partial charge in [0.1, 0.15) is 12.6 Å². The van der Waals surface area contributed by atoms with Crippen molar-refractivity contribution in [2.45, 2.75) is 50.2 Å². The normalized spacial score (nSPS) is 12.6. The van der Waals surface area contributed by atoms with Crippen LogP contribution in [0.15, 0.2) is 108 Å². The van der Waals surface area contributed by atoms with Crippen molar-refractivity contribution in [1.82, 2.24) is 10.2 Å². The first kappa shape index (κ1) is 34.3. The van der Waals surface area contributed by atoms with Gasteiger partial charge in [0, 0.05) is 29.1 Å². The standard InChI is InChI=1S/C34H34Cl3N3O4S/c1-3-24(2)38-34(42)32(20-25-12-6-4-7-13-25)39(22-26-18-19-27(35)21-30(26)37)33(41)23-40(31-17-11-10-16-29(31)36)45(43,44)28-14-8-5-9-15-28/h4-19,21,24,32H,3,20,22-23H2,1-2H3,(H,38,42)/t24-,32-/m1/s1. The highest BCUT2D eigenvalue weighted by Crippen LogP contribution is 2.31. The van der Waals surface area contributed by atoms with Crippen LogP contribution in [0.1, 0.15) is 31.4 Å². The maximum Gasteiger partial charge on any atom is 0.264 e. The van der Waals surface area contributed by atoms with E-state index >= 15 is 0 Å². The predicted molar refractivity (Wildman–Crippen MR) is 181 cm³/mol. The fourth-order valence-corrected chi connectivity index (χ4v) is 6.93. The van der Waals surface area contributed by atoms with Crippen molar-refractivity contribution < 1.29 is 18.0 Å². The number of hydrogen-bond donors (Lipinski definition) is 1. The average molecular weight is 687 g/mol. The van der Waals surface area contributed by atoms with Crippen molar-refractivity contribution in [2.75, 3.05) is 10.8 Å². The number of nitrogens with zero attached hydrogens (tertiary/aromatic N) is 2. The molecule has 0 aromatic heterocycles. The third-order valence-corrected chi connectivity index (χ3v) is 10.0. The minimum atomic E-state index is -4.26. The van der Waals surface area contributed by atoms with Crippen LogP contribution >= 0.6 is 34.8 Å². The van der Waals surface area contributed by atoms with E-state index < -0.39 is 28.5 Å². The molecule has 0 bridgehead atoms. The fourth-order valence-electron chi connectivity index (χ4n) is 4.72. The van der Waals surface area contributed by atoms with Crippen molar-refractivity contribution in [3.63, 3.8) is 0 Å². The zero-order valence-electron chi connectivity index (χ0n) is 24.9. The molecule has 0 fully saturated rings. The summed E-state index contributed by atoms with van der Waals surface area (Å²) in [6.07, 6.45) is 0.855. The first-order chi connectivity index (χ1) is 21.5. The summed E-state index contributed by atoms with van der Waals surface area (Å²) in [5, 5.41) is 3.87. The molecule has 11 heteroatoms. The quantitative estimate of drug-likeness (QED) is 0.159. The molecule has 45 heavy (non-hydrogen) atoms. The predicted octanol–water partition coefficient (Wildman–Crippen LogP) is 7.40. The average Bonchev–Trinajstić information content (AvgIpc) is 3.03. The second kappa shape index (κ2) is 15.6. The van der Waals surface area contributed by atoms with Gasteiger partial charge in [-0.05, 0) is 60.9 Å². The zero-order chi connectivity index (χ0) is 32.6. The summed E-state index contributed by atoms with van der Waals surface area (Å²) < 4.78 is 29.1. The van der Waals surface area contributed by atoms with Crippen molar-refractivity contribution in [3.8, 4) is 0 Å². The molecule has 0 aliphatic carbocycles. The summed E-state index contributed by atoms with van der Waals surface area (Å²) in [5.41, 5.74) is 1.49. The molecule has 1 N–H and O–H groups in total. The van der Waals surface area contributed by atoms with E-state index in [2.05, 4.69) is 5.32 Å². The van der Waals surface area contributed by atoms with Crippen LogP contribution < -0.4 is 9.62 Å². The summed E-state index contributed by atoms with van der Waals surface area (Å²) in [5.74, 6) is -0.998. The van der Waals surface area contributed by atoms with E-state index in [4.69, 9.17) is 34.8 Å². The molecule has 0 spiro atoms. The van der Waals surface area contributed by atoms with E-state index in [9.17, 15) is 18.0 Å². The second-order valence-corrected chi connectivity index (χ2v) is 13.7. The molecule has 0 aliphatic rings. The molecule has 2 amide bonds. The van der Waals surface area contributed by atoms with Crippen molar-refractivity contribution in [2.24, 2.45) is 0 Å². The molecule has 2 atom stereocenters. The number of hydrogen-bond acceptors (Lipinski definition) is 4. The molecule has 0 aliphatic heterocycles. The summed E-state index contributed by atoms with van der Waals surface area (Å²) in [7, 11) is -4.26. The van der Waals surface area contributed by atoms with Crippen molar-refractivity contribution >= 4 is 62.3 Å². The number of carbonyl (C=O) groups excluding carboxylic acids is 2. The molecule has 4 aromatic carbocycles. The Bertz CT molecular complexity index is 1720. The molecule has 0 saturated heterocycles. The Labute approximate surface area is 279 Å². The van der Waals surface area contributed by atoms with Crippen LogP contribution in [0.2, 0.25) is 15.1 Å². The smallest absolute Gasteiger partial charge is 0.264 e. The summed E-state index contributed by atoms with van der Waals surface area (Å²) in [6, 6.07) is 27.2. The van der Waals surface area contributed by atoms with E-state index in [1.807, 2.05) is 44.2 Å². The van der Waals surface area contributed by atoms with Gasteiger partial charge in [-0.1, -0.05) is 108 Å². The number of para-hydroxylation sites is 1. The maximum atomic E-state index is 14.5. The number of amides is 2. The molecular weight excluding hydrogens is 653 g/mol. The first-order valence-electron chi connectivity index (χ1n) is 14.4. The van der Waals surface area contributed by atoms with Gasteiger partial charge in [-0.2, -0.15) is 0 Å². The van der Waals surface area contributed by atoms with Crippen LogP contribution in [0.25, 0.3) is 0 Å². The Hall–Kier alpha value is -3.56. The SMILES string of the molecule is CC[C@@H](C)NC(=O)[C@@H](Cc1ccccc1)N(Cc1ccc(Cl)cc1Cl)C(=O)CN(c1ccccc1Cl)S(=O)(=O)c1ccccc1. The van der Waals surface area contributed by atoms with E-state index in [1.165, 1.54) is 23.1 Å². The Morgan fingerprint density at radius 3 is 2.07 bits per heavy atom. The van der Waals surface area contributed by atoms with Gasteiger partial charge in [-0.25, -0.2) is 8.42 Å². The van der Waals surface area contributed by atoms with Crippen molar-refractivity contribution in [3.05, 3.63) is 129 Å².